The van der Waals surface area contributed by atoms with Crippen molar-refractivity contribution >= 4 is 0 Å². The minimum atomic E-state index is -4.43. The van der Waals surface area contributed by atoms with Gasteiger partial charge in [-0.1, -0.05) is 25.9 Å². The highest BCUT2D eigenvalue weighted by atomic mass is 19.4. The lowest BCUT2D eigenvalue weighted by molar-refractivity contribution is -0.189. The molecule has 0 spiro atoms. The van der Waals surface area contributed by atoms with Gasteiger partial charge in [-0.15, -0.1) is 0 Å². The van der Waals surface area contributed by atoms with E-state index in [1.807, 2.05) is 20.8 Å². The van der Waals surface area contributed by atoms with Gasteiger partial charge in [0.2, 0.25) is 11.7 Å². The smallest absolute Gasteiger partial charge is 0.425 e. The first kappa shape index (κ1) is 17.7. The lowest BCUT2D eigenvalue weighted by Crippen LogP contribution is -2.31. The number of hydrogen-bond donors (Lipinski definition) is 0. The quantitative estimate of drug-likeness (QED) is 0.800. The molecule has 1 fully saturated rings. The number of hydrogen-bond acceptors (Lipinski definition) is 5. The molecule has 2 aromatic rings. The molecule has 5 nitrogen and oxygen atoms in total. The molecule has 0 bridgehead atoms. The predicted molar refractivity (Wildman–Crippen MR) is 84.3 cm³/mol. The summed E-state index contributed by atoms with van der Waals surface area (Å²) in [4.78, 5) is 8.58. The molecule has 0 N–H and O–H groups in total. The van der Waals surface area contributed by atoms with Crippen molar-refractivity contribution in [3.63, 3.8) is 0 Å². The number of pyridine rings is 1. The van der Waals surface area contributed by atoms with Crippen LogP contribution in [0.1, 0.15) is 57.9 Å². The molecule has 0 aliphatic heterocycles. The molecule has 2 aromatic heterocycles. The van der Waals surface area contributed by atoms with Crippen LogP contribution < -0.4 is 4.74 Å². The second kappa shape index (κ2) is 6.00. The van der Waals surface area contributed by atoms with Gasteiger partial charge in [-0.3, -0.25) is 4.98 Å². The van der Waals surface area contributed by atoms with Crippen LogP contribution in [0.15, 0.2) is 16.8 Å². The Morgan fingerprint density at radius 3 is 2.44 bits per heavy atom. The molecule has 2 heterocycles. The highest BCUT2D eigenvalue weighted by molar-refractivity contribution is 5.54. The van der Waals surface area contributed by atoms with Crippen LogP contribution in [-0.2, 0) is 5.41 Å². The summed E-state index contributed by atoms with van der Waals surface area (Å²) in [6.45, 7) is 6.76. The van der Waals surface area contributed by atoms with Crippen molar-refractivity contribution in [2.75, 3.05) is 0 Å². The van der Waals surface area contributed by atoms with Gasteiger partial charge in [0.1, 0.15) is 11.4 Å². The van der Waals surface area contributed by atoms with E-state index in [4.69, 9.17) is 9.26 Å². The molecule has 136 valence electrons. The zero-order valence-corrected chi connectivity index (χ0v) is 14.5. The topological polar surface area (TPSA) is 61.0 Å². The van der Waals surface area contributed by atoms with Crippen molar-refractivity contribution in [3.05, 3.63) is 23.7 Å². The summed E-state index contributed by atoms with van der Waals surface area (Å²) < 4.78 is 49.0. The predicted octanol–water partition coefficient (Wildman–Crippen LogP) is 4.64. The SMILES string of the molecule is C[C@@H](Oc1cc(-c2noc(C(C)(C)C)n2)ncc1C1CC1)C(F)(F)F. The fraction of sp³-hybridized carbons (Fsp3) is 0.588. The Labute approximate surface area is 143 Å². The third-order valence-electron chi connectivity index (χ3n) is 3.97. The van der Waals surface area contributed by atoms with E-state index in [1.54, 1.807) is 6.20 Å². The van der Waals surface area contributed by atoms with Crippen LogP contribution in [0.25, 0.3) is 11.5 Å². The fourth-order valence-corrected chi connectivity index (χ4v) is 2.26. The van der Waals surface area contributed by atoms with Gasteiger partial charge >= 0.3 is 6.18 Å². The zero-order valence-electron chi connectivity index (χ0n) is 14.5. The van der Waals surface area contributed by atoms with Gasteiger partial charge in [0.15, 0.2) is 6.10 Å². The average molecular weight is 355 g/mol. The lowest BCUT2D eigenvalue weighted by Gasteiger charge is -2.19. The Bertz CT molecular complexity index is 761. The third-order valence-corrected chi connectivity index (χ3v) is 3.97. The molecule has 0 radical (unpaired) electrons. The second-order valence-electron chi connectivity index (χ2n) is 7.36. The minimum Gasteiger partial charge on any atom is -0.481 e. The molecule has 25 heavy (non-hydrogen) atoms. The van der Waals surface area contributed by atoms with Crippen LogP contribution in [0.4, 0.5) is 13.2 Å². The van der Waals surface area contributed by atoms with Gasteiger partial charge in [-0.25, -0.2) is 0 Å². The number of rotatable bonds is 4. The molecular formula is C17H20F3N3O2. The van der Waals surface area contributed by atoms with Crippen molar-refractivity contribution in [2.24, 2.45) is 0 Å². The lowest BCUT2D eigenvalue weighted by atomic mass is 9.97. The summed E-state index contributed by atoms with van der Waals surface area (Å²) >= 11 is 0. The van der Waals surface area contributed by atoms with Gasteiger partial charge < -0.3 is 9.26 Å². The maximum Gasteiger partial charge on any atom is 0.425 e. The Kier molecular flexibility index (Phi) is 4.25. The highest BCUT2D eigenvalue weighted by Crippen LogP contribution is 2.45. The minimum absolute atomic E-state index is 0.180. The molecular weight excluding hydrogens is 335 g/mol. The van der Waals surface area contributed by atoms with E-state index in [9.17, 15) is 13.2 Å². The van der Waals surface area contributed by atoms with E-state index in [1.165, 1.54) is 6.07 Å². The number of nitrogens with zero attached hydrogens (tertiary/aromatic N) is 3. The summed E-state index contributed by atoms with van der Waals surface area (Å²) in [5.74, 6) is 1.05. The maximum atomic E-state index is 12.9. The van der Waals surface area contributed by atoms with Crippen molar-refractivity contribution < 1.29 is 22.4 Å². The van der Waals surface area contributed by atoms with E-state index in [0.29, 0.717) is 17.1 Å². The molecule has 8 heteroatoms. The van der Waals surface area contributed by atoms with Gasteiger partial charge in [0.05, 0.1) is 0 Å². The van der Waals surface area contributed by atoms with Crippen LogP contribution in [0.2, 0.25) is 0 Å². The van der Waals surface area contributed by atoms with Crippen molar-refractivity contribution in [1.29, 1.82) is 0 Å². The zero-order chi connectivity index (χ0) is 18.4. The summed E-state index contributed by atoms with van der Waals surface area (Å²) in [5.41, 5.74) is 0.691. The van der Waals surface area contributed by atoms with E-state index >= 15 is 0 Å². The van der Waals surface area contributed by atoms with Gasteiger partial charge in [-0.2, -0.15) is 18.2 Å². The first-order chi connectivity index (χ1) is 11.6. The maximum absolute atomic E-state index is 12.9. The monoisotopic (exact) mass is 355 g/mol. The fourth-order valence-electron chi connectivity index (χ4n) is 2.26. The molecule has 0 amide bonds. The molecule has 1 aliphatic rings. The van der Waals surface area contributed by atoms with Gasteiger partial charge in [-0.05, 0) is 25.7 Å². The molecule has 1 aliphatic carbocycles. The number of halogens is 3. The molecule has 3 rings (SSSR count). The Hall–Kier alpha value is -2.12. The Morgan fingerprint density at radius 1 is 1.24 bits per heavy atom. The standard InChI is InChI=1S/C17H20F3N3O2/c1-9(17(18,19)20)24-13-7-12(21-8-11(13)10-5-6-10)14-22-15(25-23-14)16(2,3)4/h7-10H,5-6H2,1-4H3/t9-/m1/s1. The third kappa shape index (κ3) is 3.93. The first-order valence-corrected chi connectivity index (χ1v) is 8.13. The van der Waals surface area contributed by atoms with Crippen LogP contribution in [0.5, 0.6) is 5.75 Å². The summed E-state index contributed by atoms with van der Waals surface area (Å²) in [6.07, 6.45) is -2.94. The molecule has 0 saturated heterocycles. The van der Waals surface area contributed by atoms with Crippen molar-refractivity contribution in [2.45, 2.75) is 64.1 Å². The van der Waals surface area contributed by atoms with E-state index in [0.717, 1.165) is 19.8 Å². The molecule has 0 unspecified atom stereocenters. The van der Waals surface area contributed by atoms with Crippen LogP contribution in [0.3, 0.4) is 0 Å². The highest BCUT2D eigenvalue weighted by Gasteiger charge is 2.39. The van der Waals surface area contributed by atoms with Gasteiger partial charge in [0, 0.05) is 23.2 Å². The summed E-state index contributed by atoms with van der Waals surface area (Å²) in [5, 5.41) is 3.89. The van der Waals surface area contributed by atoms with Gasteiger partial charge in [0.25, 0.3) is 0 Å². The van der Waals surface area contributed by atoms with Crippen LogP contribution in [-0.4, -0.2) is 27.4 Å². The molecule has 1 atom stereocenters. The van der Waals surface area contributed by atoms with Crippen molar-refractivity contribution in [1.82, 2.24) is 15.1 Å². The summed E-state index contributed by atoms with van der Waals surface area (Å²) in [7, 11) is 0. The molecule has 1 saturated carbocycles. The summed E-state index contributed by atoms with van der Waals surface area (Å²) in [6, 6.07) is 1.47. The number of ether oxygens (including phenoxy) is 1. The van der Waals surface area contributed by atoms with Crippen LogP contribution >= 0.6 is 0 Å². The van der Waals surface area contributed by atoms with E-state index in [2.05, 4.69) is 15.1 Å². The van der Waals surface area contributed by atoms with E-state index < -0.39 is 12.3 Å². The van der Waals surface area contributed by atoms with Crippen LogP contribution in [0, 0.1) is 0 Å². The largest absolute Gasteiger partial charge is 0.481 e. The van der Waals surface area contributed by atoms with Crippen molar-refractivity contribution in [3.8, 4) is 17.3 Å². The molecule has 0 aromatic carbocycles. The Balaban J connectivity index is 1.94. The Morgan fingerprint density at radius 2 is 1.92 bits per heavy atom. The average Bonchev–Trinajstić information content (AvgIpc) is 3.20. The first-order valence-electron chi connectivity index (χ1n) is 8.13. The second-order valence-corrected chi connectivity index (χ2v) is 7.36. The normalized spacial score (nSPS) is 16.8. The number of aromatic nitrogens is 3. The number of alkyl halides is 3. The van der Waals surface area contributed by atoms with E-state index in [-0.39, 0.29) is 22.9 Å².